The second kappa shape index (κ2) is 16.8. The third-order valence-electron chi connectivity index (χ3n) is 4.69. The number of nitrogens with zero attached hydrogens (tertiary/aromatic N) is 1. The number of unbranched alkanes of at least 4 members (excludes halogenated alkanes) is 9. The van der Waals surface area contributed by atoms with Gasteiger partial charge in [-0.1, -0.05) is 64.7 Å². The van der Waals surface area contributed by atoms with Gasteiger partial charge in [0.05, 0.1) is 47.1 Å². The van der Waals surface area contributed by atoms with Crippen molar-refractivity contribution < 1.29 is 28.3 Å². The van der Waals surface area contributed by atoms with Gasteiger partial charge in [-0.05, 0) is 6.42 Å². The first-order valence-electron chi connectivity index (χ1n) is 11.2. The fraction of sp³-hybridized carbons (Fsp3) is 1.00. The normalized spacial score (nSPS) is 15.5. The Bertz CT molecular complexity index is 401. The van der Waals surface area contributed by atoms with E-state index >= 15 is 0 Å². The highest BCUT2D eigenvalue weighted by molar-refractivity contribution is 7.52. The predicted octanol–water partition coefficient (Wildman–Crippen LogP) is 4.58. The van der Waals surface area contributed by atoms with E-state index in [-0.39, 0.29) is 19.4 Å². The molecule has 0 aliphatic heterocycles. The van der Waals surface area contributed by atoms with E-state index < -0.39 is 13.7 Å². The number of quaternary nitrogens is 1. The van der Waals surface area contributed by atoms with Crippen molar-refractivity contribution in [3.05, 3.63) is 0 Å². The molecule has 0 aromatic heterocycles. The van der Waals surface area contributed by atoms with Crippen LogP contribution < -0.4 is 0 Å². The zero-order valence-corrected chi connectivity index (χ0v) is 19.8. The second-order valence-corrected chi connectivity index (χ2v) is 10.9. The van der Waals surface area contributed by atoms with E-state index in [9.17, 15) is 14.6 Å². The molecule has 1 unspecified atom stereocenters. The molecule has 6 nitrogen and oxygen atoms in total. The van der Waals surface area contributed by atoms with Crippen LogP contribution in [-0.2, 0) is 13.8 Å². The highest BCUT2D eigenvalue weighted by Gasteiger charge is 2.22. The Labute approximate surface area is 173 Å². The lowest BCUT2D eigenvalue weighted by Gasteiger charge is -2.24. The van der Waals surface area contributed by atoms with Crippen molar-refractivity contribution in [1.29, 1.82) is 0 Å². The SMILES string of the molecule is CCCCCCCCCCCCOC[C@H](O)COP(=O)(O)CCC[N+](C)(C)C. The van der Waals surface area contributed by atoms with Gasteiger partial charge in [0, 0.05) is 13.0 Å². The molecule has 0 fully saturated rings. The highest BCUT2D eigenvalue weighted by atomic mass is 31.2. The van der Waals surface area contributed by atoms with Crippen LogP contribution in [0.2, 0.25) is 0 Å². The molecule has 0 aromatic rings. The molecule has 0 bridgehead atoms. The Morgan fingerprint density at radius 3 is 1.93 bits per heavy atom. The molecule has 0 aromatic carbocycles. The summed E-state index contributed by atoms with van der Waals surface area (Å²) < 4.78 is 23.2. The minimum Gasteiger partial charge on any atom is -0.388 e. The van der Waals surface area contributed by atoms with Gasteiger partial charge in [0.1, 0.15) is 6.10 Å². The number of ether oxygens (including phenoxy) is 1. The highest BCUT2D eigenvalue weighted by Crippen LogP contribution is 2.42. The van der Waals surface area contributed by atoms with Crippen molar-refractivity contribution in [3.63, 3.8) is 0 Å². The van der Waals surface area contributed by atoms with Crippen LogP contribution in [-0.4, -0.2) is 74.3 Å². The molecule has 7 heteroatoms. The van der Waals surface area contributed by atoms with Crippen molar-refractivity contribution in [2.24, 2.45) is 0 Å². The fourth-order valence-corrected chi connectivity index (χ4v) is 4.05. The Morgan fingerprint density at radius 1 is 0.857 bits per heavy atom. The molecule has 0 radical (unpaired) electrons. The van der Waals surface area contributed by atoms with Crippen LogP contribution in [0.25, 0.3) is 0 Å². The van der Waals surface area contributed by atoms with Crippen molar-refractivity contribution >= 4 is 7.60 Å². The van der Waals surface area contributed by atoms with Crippen molar-refractivity contribution in [2.75, 3.05) is 53.7 Å². The van der Waals surface area contributed by atoms with Crippen LogP contribution in [0.4, 0.5) is 0 Å². The molecule has 0 aliphatic carbocycles. The summed E-state index contributed by atoms with van der Waals surface area (Å²) in [5.41, 5.74) is 0. The molecule has 0 saturated heterocycles. The molecule has 0 rings (SSSR count). The minimum atomic E-state index is -3.63. The molecular formula is C21H47NO5P+. The predicted molar refractivity (Wildman–Crippen MR) is 117 cm³/mol. The first kappa shape index (κ1) is 28.0. The molecule has 0 aliphatic rings. The van der Waals surface area contributed by atoms with Crippen molar-refractivity contribution in [2.45, 2.75) is 83.7 Å². The Kier molecular flexibility index (Phi) is 16.8. The second-order valence-electron chi connectivity index (χ2n) is 8.94. The van der Waals surface area contributed by atoms with E-state index in [2.05, 4.69) is 6.92 Å². The third kappa shape index (κ3) is 20.8. The summed E-state index contributed by atoms with van der Waals surface area (Å²) in [6.07, 6.45) is 12.6. The average molecular weight is 425 g/mol. The van der Waals surface area contributed by atoms with Gasteiger partial charge in [0.2, 0.25) is 0 Å². The monoisotopic (exact) mass is 424 g/mol. The van der Waals surface area contributed by atoms with Crippen LogP contribution in [0, 0.1) is 0 Å². The lowest BCUT2D eigenvalue weighted by atomic mass is 10.1. The van der Waals surface area contributed by atoms with E-state index in [0.29, 0.717) is 13.0 Å². The van der Waals surface area contributed by atoms with Gasteiger partial charge in [0.25, 0.3) is 0 Å². The van der Waals surface area contributed by atoms with Gasteiger partial charge < -0.3 is 23.7 Å². The molecule has 0 spiro atoms. The standard InChI is InChI=1S/C21H46NO5P/c1-5-6-7-8-9-10-11-12-13-14-17-26-19-21(23)20-27-28(24,25)18-15-16-22(2,3)4/h21,23H,5-20H2,1-4H3/p+1/t21-/m0/s1. The van der Waals surface area contributed by atoms with Crippen molar-refractivity contribution in [3.8, 4) is 0 Å². The first-order valence-corrected chi connectivity index (χ1v) is 12.9. The van der Waals surface area contributed by atoms with E-state index in [0.717, 1.165) is 23.9 Å². The number of aliphatic hydroxyl groups is 1. The maximum Gasteiger partial charge on any atom is 0.328 e. The van der Waals surface area contributed by atoms with Crippen LogP contribution in [0.3, 0.4) is 0 Å². The van der Waals surface area contributed by atoms with Gasteiger partial charge in [0.15, 0.2) is 0 Å². The topological polar surface area (TPSA) is 76.0 Å². The molecule has 0 saturated carbocycles. The molecule has 170 valence electrons. The zero-order valence-electron chi connectivity index (χ0n) is 18.9. The Hall–Kier alpha value is 0.0300. The first-order chi connectivity index (χ1) is 13.2. The maximum absolute atomic E-state index is 12.0. The average Bonchev–Trinajstić information content (AvgIpc) is 2.59. The Balaban J connectivity index is 3.49. The van der Waals surface area contributed by atoms with Gasteiger partial charge >= 0.3 is 7.60 Å². The largest absolute Gasteiger partial charge is 0.388 e. The summed E-state index contributed by atoms with van der Waals surface area (Å²) in [5, 5.41) is 9.84. The number of hydrogen-bond donors (Lipinski definition) is 2. The van der Waals surface area contributed by atoms with Crippen molar-refractivity contribution in [1.82, 2.24) is 0 Å². The summed E-state index contributed by atoms with van der Waals surface area (Å²) in [6, 6.07) is 0. The lowest BCUT2D eigenvalue weighted by molar-refractivity contribution is -0.870. The minimum absolute atomic E-state index is 0.120. The number of rotatable bonds is 20. The summed E-state index contributed by atoms with van der Waals surface area (Å²) in [5.74, 6) is 0. The molecular weight excluding hydrogens is 377 g/mol. The molecule has 2 atom stereocenters. The Morgan fingerprint density at radius 2 is 1.39 bits per heavy atom. The summed E-state index contributed by atoms with van der Waals surface area (Å²) in [7, 11) is 2.49. The van der Waals surface area contributed by atoms with E-state index in [1.165, 1.54) is 51.4 Å². The van der Waals surface area contributed by atoms with Gasteiger partial charge in [-0.2, -0.15) is 0 Å². The fourth-order valence-electron chi connectivity index (χ4n) is 2.97. The smallest absolute Gasteiger partial charge is 0.328 e. The van der Waals surface area contributed by atoms with Crippen LogP contribution in [0.1, 0.15) is 77.6 Å². The number of aliphatic hydroxyl groups excluding tert-OH is 1. The summed E-state index contributed by atoms with van der Waals surface area (Å²) in [6.45, 7) is 3.66. The molecule has 28 heavy (non-hydrogen) atoms. The van der Waals surface area contributed by atoms with Crippen LogP contribution >= 0.6 is 7.60 Å². The summed E-state index contributed by atoms with van der Waals surface area (Å²) in [4.78, 5) is 9.81. The van der Waals surface area contributed by atoms with Crippen LogP contribution in [0.15, 0.2) is 0 Å². The molecule has 0 amide bonds. The van der Waals surface area contributed by atoms with E-state index in [4.69, 9.17) is 9.26 Å². The van der Waals surface area contributed by atoms with Gasteiger partial charge in [-0.15, -0.1) is 0 Å². The van der Waals surface area contributed by atoms with Gasteiger partial charge in [-0.25, -0.2) is 0 Å². The third-order valence-corrected chi connectivity index (χ3v) is 6.12. The molecule has 2 N–H and O–H groups in total. The maximum atomic E-state index is 12.0. The van der Waals surface area contributed by atoms with Crippen LogP contribution in [0.5, 0.6) is 0 Å². The quantitative estimate of drug-likeness (QED) is 0.170. The summed E-state index contributed by atoms with van der Waals surface area (Å²) >= 11 is 0. The number of hydrogen-bond acceptors (Lipinski definition) is 4. The zero-order chi connectivity index (χ0) is 21.3. The molecule has 0 heterocycles. The van der Waals surface area contributed by atoms with Gasteiger partial charge in [-0.3, -0.25) is 4.57 Å². The van der Waals surface area contributed by atoms with E-state index in [1.807, 2.05) is 21.1 Å². The lowest BCUT2D eigenvalue weighted by Crippen LogP contribution is -2.35. The van der Waals surface area contributed by atoms with E-state index in [1.54, 1.807) is 0 Å².